The zero-order chi connectivity index (χ0) is 11.4. The van der Waals surface area contributed by atoms with Gasteiger partial charge in [0.2, 0.25) is 0 Å². The zero-order valence-corrected chi connectivity index (χ0v) is 10.3. The van der Waals surface area contributed by atoms with Crippen molar-refractivity contribution in [2.24, 2.45) is 0 Å². The van der Waals surface area contributed by atoms with E-state index in [1.54, 1.807) is 0 Å². The van der Waals surface area contributed by atoms with E-state index >= 15 is 0 Å². The molecule has 1 aliphatic heterocycles. The van der Waals surface area contributed by atoms with E-state index in [0.717, 1.165) is 26.2 Å². The Hall–Kier alpha value is -0.870. The van der Waals surface area contributed by atoms with Crippen LogP contribution in [-0.4, -0.2) is 48.2 Å². The first-order chi connectivity index (χ1) is 7.77. The number of hydrogen-bond donors (Lipinski definition) is 1. The minimum Gasteiger partial charge on any atom is -0.333 e. The van der Waals surface area contributed by atoms with E-state index < -0.39 is 0 Å². The molecule has 1 saturated heterocycles. The Kier molecular flexibility index (Phi) is 3.96. The number of piperidine rings is 1. The minimum absolute atomic E-state index is 0.651. The Labute approximate surface area is 97.7 Å². The van der Waals surface area contributed by atoms with Crippen molar-refractivity contribution in [3.05, 3.63) is 18.2 Å². The molecule has 0 aromatic carbocycles. The number of rotatable bonds is 4. The van der Waals surface area contributed by atoms with Crippen LogP contribution in [0.4, 0.5) is 0 Å². The van der Waals surface area contributed by atoms with E-state index in [4.69, 9.17) is 0 Å². The molecule has 1 aliphatic rings. The summed E-state index contributed by atoms with van der Waals surface area (Å²) in [6, 6.07) is 0. The highest BCUT2D eigenvalue weighted by molar-refractivity contribution is 5.02. The fourth-order valence-electron chi connectivity index (χ4n) is 2.26. The van der Waals surface area contributed by atoms with E-state index in [2.05, 4.69) is 40.1 Å². The maximum Gasteiger partial charge on any atom is 0.111 e. The molecule has 2 heterocycles. The summed E-state index contributed by atoms with van der Waals surface area (Å²) in [4.78, 5) is 6.75. The molecular formula is C12H22N4. The first kappa shape index (κ1) is 11.6. The molecule has 0 amide bonds. The molecule has 0 bridgehead atoms. The van der Waals surface area contributed by atoms with E-state index in [1.165, 1.54) is 18.7 Å². The van der Waals surface area contributed by atoms with Crippen molar-refractivity contribution in [2.75, 3.05) is 33.7 Å². The first-order valence-electron chi connectivity index (χ1n) is 6.14. The second kappa shape index (κ2) is 5.46. The lowest BCUT2D eigenvalue weighted by molar-refractivity contribution is 0.369. The third-order valence-corrected chi connectivity index (χ3v) is 3.24. The van der Waals surface area contributed by atoms with Gasteiger partial charge in [0, 0.05) is 31.4 Å². The van der Waals surface area contributed by atoms with E-state index in [9.17, 15) is 0 Å². The maximum atomic E-state index is 4.53. The van der Waals surface area contributed by atoms with Crippen molar-refractivity contribution in [1.82, 2.24) is 19.8 Å². The molecule has 0 saturated carbocycles. The molecule has 0 atom stereocenters. The topological polar surface area (TPSA) is 33.1 Å². The van der Waals surface area contributed by atoms with E-state index in [-0.39, 0.29) is 0 Å². The monoisotopic (exact) mass is 222 g/mol. The van der Waals surface area contributed by atoms with Gasteiger partial charge in [0.1, 0.15) is 5.82 Å². The summed E-state index contributed by atoms with van der Waals surface area (Å²) in [7, 11) is 4.22. The molecule has 1 aromatic rings. The highest BCUT2D eigenvalue weighted by atomic mass is 15.1. The van der Waals surface area contributed by atoms with Crippen molar-refractivity contribution in [2.45, 2.75) is 25.3 Å². The largest absolute Gasteiger partial charge is 0.333 e. The van der Waals surface area contributed by atoms with Gasteiger partial charge in [-0.15, -0.1) is 0 Å². The van der Waals surface area contributed by atoms with Gasteiger partial charge < -0.3 is 14.8 Å². The Morgan fingerprint density at radius 2 is 2.19 bits per heavy atom. The van der Waals surface area contributed by atoms with Gasteiger partial charge in [0.25, 0.3) is 0 Å². The number of nitrogens with zero attached hydrogens (tertiary/aromatic N) is 3. The molecule has 4 nitrogen and oxygen atoms in total. The van der Waals surface area contributed by atoms with E-state index in [0.29, 0.717) is 5.92 Å². The summed E-state index contributed by atoms with van der Waals surface area (Å²) in [6.45, 7) is 4.39. The second-order valence-electron chi connectivity index (χ2n) is 4.81. The molecule has 1 aromatic heterocycles. The fraction of sp³-hybridized carbons (Fsp3) is 0.750. The summed E-state index contributed by atoms with van der Waals surface area (Å²) < 4.78 is 2.32. The summed E-state index contributed by atoms with van der Waals surface area (Å²) in [5, 5.41) is 3.40. The Morgan fingerprint density at radius 3 is 2.88 bits per heavy atom. The summed E-state index contributed by atoms with van der Waals surface area (Å²) in [5.41, 5.74) is 0. The van der Waals surface area contributed by atoms with Crippen molar-refractivity contribution in [1.29, 1.82) is 0 Å². The average Bonchev–Trinajstić information content (AvgIpc) is 2.75. The third kappa shape index (κ3) is 2.83. The van der Waals surface area contributed by atoms with Crippen molar-refractivity contribution >= 4 is 0 Å². The summed E-state index contributed by atoms with van der Waals surface area (Å²) in [6.07, 6.45) is 6.49. The molecule has 4 heteroatoms. The second-order valence-corrected chi connectivity index (χ2v) is 4.81. The van der Waals surface area contributed by atoms with Crippen LogP contribution in [0, 0.1) is 0 Å². The first-order valence-corrected chi connectivity index (χ1v) is 6.14. The number of nitrogens with one attached hydrogen (secondary N) is 1. The van der Waals surface area contributed by atoms with Crippen LogP contribution in [0.2, 0.25) is 0 Å². The number of hydrogen-bond acceptors (Lipinski definition) is 3. The lowest BCUT2D eigenvalue weighted by atomic mass is 9.97. The quantitative estimate of drug-likeness (QED) is 0.822. The van der Waals surface area contributed by atoms with Crippen LogP contribution >= 0.6 is 0 Å². The molecule has 0 aliphatic carbocycles. The van der Waals surface area contributed by atoms with Crippen molar-refractivity contribution in [3.63, 3.8) is 0 Å². The molecule has 0 unspecified atom stereocenters. The van der Waals surface area contributed by atoms with Crippen LogP contribution in [0.1, 0.15) is 24.6 Å². The van der Waals surface area contributed by atoms with Crippen LogP contribution in [-0.2, 0) is 6.54 Å². The van der Waals surface area contributed by atoms with Gasteiger partial charge in [0.05, 0.1) is 0 Å². The smallest absolute Gasteiger partial charge is 0.111 e. The number of likely N-dealkylation sites (N-methyl/N-ethyl adjacent to an activating group) is 1. The van der Waals surface area contributed by atoms with Crippen LogP contribution in [0.15, 0.2) is 12.4 Å². The van der Waals surface area contributed by atoms with Crippen LogP contribution in [0.3, 0.4) is 0 Å². The Balaban J connectivity index is 2.00. The molecule has 16 heavy (non-hydrogen) atoms. The fourth-order valence-corrected chi connectivity index (χ4v) is 2.26. The van der Waals surface area contributed by atoms with Crippen LogP contribution in [0.5, 0.6) is 0 Å². The van der Waals surface area contributed by atoms with Crippen molar-refractivity contribution < 1.29 is 0 Å². The van der Waals surface area contributed by atoms with Gasteiger partial charge >= 0.3 is 0 Å². The molecule has 1 fully saturated rings. The highest BCUT2D eigenvalue weighted by Crippen LogP contribution is 2.23. The van der Waals surface area contributed by atoms with Crippen molar-refractivity contribution in [3.8, 4) is 0 Å². The minimum atomic E-state index is 0.651. The Bertz CT molecular complexity index is 313. The average molecular weight is 222 g/mol. The van der Waals surface area contributed by atoms with Gasteiger partial charge in [-0.05, 0) is 40.0 Å². The number of aromatic nitrogens is 2. The molecular weight excluding hydrogens is 200 g/mol. The van der Waals surface area contributed by atoms with E-state index in [1.807, 2.05) is 6.20 Å². The Morgan fingerprint density at radius 1 is 1.44 bits per heavy atom. The lowest BCUT2D eigenvalue weighted by Gasteiger charge is -2.23. The normalized spacial score (nSPS) is 18.2. The highest BCUT2D eigenvalue weighted by Gasteiger charge is 2.19. The maximum absolute atomic E-state index is 4.53. The summed E-state index contributed by atoms with van der Waals surface area (Å²) in [5.74, 6) is 1.93. The molecule has 0 radical (unpaired) electrons. The predicted octanol–water partition coefficient (Wildman–Crippen LogP) is 0.912. The zero-order valence-electron chi connectivity index (χ0n) is 10.3. The van der Waals surface area contributed by atoms with Crippen LogP contribution in [0.25, 0.3) is 0 Å². The molecule has 90 valence electrons. The summed E-state index contributed by atoms with van der Waals surface area (Å²) >= 11 is 0. The van der Waals surface area contributed by atoms with Gasteiger partial charge in [-0.1, -0.05) is 0 Å². The predicted molar refractivity (Wildman–Crippen MR) is 65.6 cm³/mol. The molecule has 1 N–H and O–H groups in total. The van der Waals surface area contributed by atoms with Gasteiger partial charge in [-0.2, -0.15) is 0 Å². The van der Waals surface area contributed by atoms with Gasteiger partial charge in [-0.25, -0.2) is 4.98 Å². The van der Waals surface area contributed by atoms with Gasteiger partial charge in [-0.3, -0.25) is 0 Å². The molecule has 0 spiro atoms. The SMILES string of the molecule is CN(C)CCn1ccnc1C1CCNCC1. The van der Waals surface area contributed by atoms with Crippen LogP contribution < -0.4 is 5.32 Å². The molecule has 2 rings (SSSR count). The third-order valence-electron chi connectivity index (χ3n) is 3.24. The standard InChI is InChI=1S/C12H22N4/c1-15(2)9-10-16-8-7-14-12(16)11-3-5-13-6-4-11/h7-8,11,13H,3-6,9-10H2,1-2H3. The lowest BCUT2D eigenvalue weighted by Crippen LogP contribution is -2.28. The number of imidazole rings is 1. The van der Waals surface area contributed by atoms with Gasteiger partial charge in [0.15, 0.2) is 0 Å².